The minimum atomic E-state index is -0.321. The van der Waals surface area contributed by atoms with E-state index in [2.05, 4.69) is 41.3 Å². The summed E-state index contributed by atoms with van der Waals surface area (Å²) < 4.78 is 5.21. The number of hydrogen-bond acceptors (Lipinski definition) is 9. The van der Waals surface area contributed by atoms with E-state index >= 15 is 0 Å². The number of nitrogens with one attached hydrogen (secondary N) is 3. The van der Waals surface area contributed by atoms with E-state index in [-0.39, 0.29) is 11.6 Å². The molecule has 10 heteroatoms. The summed E-state index contributed by atoms with van der Waals surface area (Å²) in [5, 5.41) is 21.0. The van der Waals surface area contributed by atoms with E-state index in [1.807, 2.05) is 24.3 Å². The monoisotopic (exact) mass is 402 g/mol. The third kappa shape index (κ3) is 4.93. The second kappa shape index (κ2) is 9.24. The van der Waals surface area contributed by atoms with Crippen LogP contribution < -0.4 is 16.0 Å². The number of rotatable bonds is 8. The number of amides is 1. The molecule has 0 saturated carbocycles. The van der Waals surface area contributed by atoms with E-state index in [0.29, 0.717) is 30.5 Å². The van der Waals surface area contributed by atoms with Crippen molar-refractivity contribution in [1.82, 2.24) is 30.6 Å². The van der Waals surface area contributed by atoms with Gasteiger partial charge < -0.3 is 20.5 Å². The van der Waals surface area contributed by atoms with Gasteiger partial charge in [-0.2, -0.15) is 0 Å². The lowest BCUT2D eigenvalue weighted by molar-refractivity contribution is 0.0946. The molecule has 0 radical (unpaired) electrons. The van der Waals surface area contributed by atoms with Crippen molar-refractivity contribution >= 4 is 23.2 Å². The van der Waals surface area contributed by atoms with Crippen LogP contribution in [-0.2, 0) is 0 Å². The summed E-state index contributed by atoms with van der Waals surface area (Å²) >= 11 is 0. The van der Waals surface area contributed by atoms with E-state index in [1.165, 1.54) is 0 Å². The molecule has 0 aromatic carbocycles. The Morgan fingerprint density at radius 2 is 1.77 bits per heavy atom. The summed E-state index contributed by atoms with van der Waals surface area (Å²) in [6.45, 7) is 0.859. The molecule has 30 heavy (non-hydrogen) atoms. The van der Waals surface area contributed by atoms with Crippen molar-refractivity contribution in [2.24, 2.45) is 0 Å². The zero-order chi connectivity index (χ0) is 20.6. The number of aromatic nitrogens is 5. The van der Waals surface area contributed by atoms with Gasteiger partial charge in [0.1, 0.15) is 5.82 Å². The Morgan fingerprint density at radius 1 is 0.933 bits per heavy atom. The molecule has 10 nitrogen and oxygen atoms in total. The Balaban J connectivity index is 1.22. The molecule has 4 aromatic heterocycles. The summed E-state index contributed by atoms with van der Waals surface area (Å²) in [6, 6.07) is 12.5. The van der Waals surface area contributed by atoms with Crippen LogP contribution in [0.4, 0.5) is 17.3 Å². The smallest absolute Gasteiger partial charge is 0.273 e. The molecule has 4 rings (SSSR count). The number of anilines is 3. The standard InChI is InChI=1S/C20H18N8O2/c29-20(16-12-17(30-28-16)14-2-1-7-22-13-14)24-11-10-23-18-3-4-19(27-26-18)25-15-5-8-21-9-6-15/h1-9,12-13H,10-11H2,(H,23,26)(H,24,29)(H,21,25,27). The molecule has 0 atom stereocenters. The third-order valence-electron chi connectivity index (χ3n) is 4.02. The quantitative estimate of drug-likeness (QED) is 0.380. The van der Waals surface area contributed by atoms with Crippen molar-refractivity contribution in [3.63, 3.8) is 0 Å². The highest BCUT2D eigenvalue weighted by Crippen LogP contribution is 2.18. The average molecular weight is 402 g/mol. The van der Waals surface area contributed by atoms with Gasteiger partial charge in [0.25, 0.3) is 5.91 Å². The van der Waals surface area contributed by atoms with Crippen LogP contribution in [0, 0.1) is 0 Å². The van der Waals surface area contributed by atoms with E-state index < -0.39 is 0 Å². The highest BCUT2D eigenvalue weighted by Gasteiger charge is 2.13. The molecule has 4 heterocycles. The molecular weight excluding hydrogens is 384 g/mol. The Hall–Kier alpha value is -4.34. The lowest BCUT2D eigenvalue weighted by atomic mass is 10.2. The van der Waals surface area contributed by atoms with Crippen LogP contribution in [0.5, 0.6) is 0 Å². The first kappa shape index (κ1) is 19.0. The van der Waals surface area contributed by atoms with Gasteiger partial charge in [-0.1, -0.05) is 5.16 Å². The molecule has 0 spiro atoms. The summed E-state index contributed by atoms with van der Waals surface area (Å²) in [4.78, 5) is 20.2. The van der Waals surface area contributed by atoms with E-state index in [4.69, 9.17) is 4.52 Å². The van der Waals surface area contributed by atoms with Crippen LogP contribution in [-0.4, -0.2) is 44.3 Å². The molecule has 1 amide bonds. The fourth-order valence-electron chi connectivity index (χ4n) is 2.56. The van der Waals surface area contributed by atoms with Gasteiger partial charge in [-0.15, -0.1) is 10.2 Å². The van der Waals surface area contributed by atoms with Gasteiger partial charge in [-0.25, -0.2) is 0 Å². The van der Waals surface area contributed by atoms with Crippen molar-refractivity contribution in [3.8, 4) is 11.3 Å². The molecule has 0 fully saturated rings. The van der Waals surface area contributed by atoms with E-state index in [0.717, 1.165) is 11.3 Å². The van der Waals surface area contributed by atoms with Crippen LogP contribution in [0.15, 0.2) is 71.8 Å². The van der Waals surface area contributed by atoms with Gasteiger partial charge >= 0.3 is 0 Å². The molecule has 0 aliphatic rings. The minimum absolute atomic E-state index is 0.209. The highest BCUT2D eigenvalue weighted by molar-refractivity contribution is 5.93. The number of nitrogens with zero attached hydrogens (tertiary/aromatic N) is 5. The van der Waals surface area contributed by atoms with Crippen LogP contribution >= 0.6 is 0 Å². The van der Waals surface area contributed by atoms with Crippen molar-refractivity contribution in [2.45, 2.75) is 0 Å². The largest absolute Gasteiger partial charge is 0.367 e. The Kier molecular flexibility index (Phi) is 5.85. The summed E-state index contributed by atoms with van der Waals surface area (Å²) in [7, 11) is 0. The summed E-state index contributed by atoms with van der Waals surface area (Å²) in [6.07, 6.45) is 6.69. The van der Waals surface area contributed by atoms with Crippen LogP contribution in [0.3, 0.4) is 0 Å². The first-order chi connectivity index (χ1) is 14.8. The molecule has 0 saturated heterocycles. The second-order valence-electron chi connectivity index (χ2n) is 6.17. The topological polar surface area (TPSA) is 131 Å². The van der Waals surface area contributed by atoms with Gasteiger partial charge in [0.15, 0.2) is 17.3 Å². The van der Waals surface area contributed by atoms with E-state index in [1.54, 1.807) is 43.0 Å². The fourth-order valence-corrected chi connectivity index (χ4v) is 2.56. The van der Waals surface area contributed by atoms with Gasteiger partial charge in [-0.05, 0) is 36.4 Å². The maximum Gasteiger partial charge on any atom is 0.273 e. The lowest BCUT2D eigenvalue weighted by Gasteiger charge is -2.07. The van der Waals surface area contributed by atoms with Crippen molar-refractivity contribution in [1.29, 1.82) is 0 Å². The predicted octanol–water partition coefficient (Wildman–Crippen LogP) is 2.51. The number of carbonyl (C=O) groups is 1. The van der Waals surface area contributed by atoms with E-state index in [9.17, 15) is 4.79 Å². The SMILES string of the molecule is O=C(NCCNc1ccc(Nc2ccncc2)nn1)c1cc(-c2cccnc2)on1. The van der Waals surface area contributed by atoms with Crippen LogP contribution in [0.25, 0.3) is 11.3 Å². The molecule has 150 valence electrons. The zero-order valence-electron chi connectivity index (χ0n) is 15.8. The number of carbonyl (C=O) groups excluding carboxylic acids is 1. The first-order valence-corrected chi connectivity index (χ1v) is 9.18. The maximum absolute atomic E-state index is 12.2. The maximum atomic E-state index is 12.2. The second-order valence-corrected chi connectivity index (χ2v) is 6.17. The number of hydrogen-bond donors (Lipinski definition) is 3. The summed E-state index contributed by atoms with van der Waals surface area (Å²) in [5.74, 6) is 1.39. The molecule has 4 aromatic rings. The summed E-state index contributed by atoms with van der Waals surface area (Å²) in [5.41, 5.74) is 1.84. The Morgan fingerprint density at radius 3 is 2.53 bits per heavy atom. The van der Waals surface area contributed by atoms with Gasteiger partial charge in [0.2, 0.25) is 0 Å². The average Bonchev–Trinajstić information content (AvgIpc) is 3.30. The van der Waals surface area contributed by atoms with Gasteiger partial charge in [-0.3, -0.25) is 14.8 Å². The zero-order valence-corrected chi connectivity index (χ0v) is 15.8. The molecule has 0 aliphatic carbocycles. The van der Waals surface area contributed by atoms with Gasteiger partial charge in [0, 0.05) is 55.2 Å². The lowest BCUT2D eigenvalue weighted by Crippen LogP contribution is -2.29. The predicted molar refractivity (Wildman–Crippen MR) is 110 cm³/mol. The van der Waals surface area contributed by atoms with Crippen molar-refractivity contribution < 1.29 is 9.32 Å². The molecule has 0 unspecified atom stereocenters. The van der Waals surface area contributed by atoms with Crippen molar-refractivity contribution in [3.05, 3.63) is 72.9 Å². The van der Waals surface area contributed by atoms with Crippen LogP contribution in [0.2, 0.25) is 0 Å². The molecule has 3 N–H and O–H groups in total. The van der Waals surface area contributed by atoms with Crippen LogP contribution in [0.1, 0.15) is 10.5 Å². The third-order valence-corrected chi connectivity index (χ3v) is 4.02. The number of pyridine rings is 2. The minimum Gasteiger partial charge on any atom is -0.367 e. The Bertz CT molecular complexity index is 1080. The highest BCUT2D eigenvalue weighted by atomic mass is 16.5. The Labute approximate surface area is 171 Å². The van der Waals surface area contributed by atoms with Gasteiger partial charge in [0.05, 0.1) is 0 Å². The fraction of sp³-hybridized carbons (Fsp3) is 0.100. The van der Waals surface area contributed by atoms with Crippen molar-refractivity contribution in [2.75, 3.05) is 23.7 Å². The normalized spacial score (nSPS) is 10.4. The first-order valence-electron chi connectivity index (χ1n) is 9.18. The molecule has 0 bridgehead atoms. The molecular formula is C20H18N8O2. The molecule has 0 aliphatic heterocycles.